The molecule has 18 heavy (non-hydrogen) atoms. The van der Waals surface area contributed by atoms with Crippen molar-refractivity contribution in [3.05, 3.63) is 16.9 Å². The molecule has 0 saturated carbocycles. The monoisotopic (exact) mass is 288 g/mol. The van der Waals surface area contributed by atoms with Crippen LogP contribution in [0, 0.1) is 0 Å². The highest BCUT2D eigenvalue weighted by molar-refractivity contribution is 8.00. The van der Waals surface area contributed by atoms with Gasteiger partial charge in [0.1, 0.15) is 0 Å². The number of aromatic nitrogens is 2. The lowest BCUT2D eigenvalue weighted by atomic mass is 10.0. The van der Waals surface area contributed by atoms with Gasteiger partial charge in [0.05, 0.1) is 23.0 Å². The van der Waals surface area contributed by atoms with Crippen LogP contribution in [0.3, 0.4) is 0 Å². The molecule has 1 saturated heterocycles. The lowest BCUT2D eigenvalue weighted by molar-refractivity contribution is 0.446. The zero-order chi connectivity index (χ0) is 13.0. The predicted molar refractivity (Wildman–Crippen MR) is 77.7 cm³/mol. The van der Waals surface area contributed by atoms with E-state index in [0.717, 1.165) is 23.7 Å². The van der Waals surface area contributed by atoms with Gasteiger partial charge < -0.3 is 0 Å². The maximum atomic E-state index is 6.29. The van der Waals surface area contributed by atoms with Gasteiger partial charge in [-0.2, -0.15) is 16.9 Å². The number of nitrogens with zero attached hydrogens (tertiary/aromatic N) is 2. The SMILES string of the molecule is CCCn1ncc(Cl)c1C(NN)C1CCCCS1. The van der Waals surface area contributed by atoms with Crippen LogP contribution in [0.5, 0.6) is 0 Å². The van der Waals surface area contributed by atoms with Crippen molar-refractivity contribution in [3.8, 4) is 0 Å². The van der Waals surface area contributed by atoms with Crippen molar-refractivity contribution in [1.82, 2.24) is 15.2 Å². The van der Waals surface area contributed by atoms with Crippen LogP contribution in [-0.2, 0) is 6.54 Å². The molecule has 1 aromatic rings. The zero-order valence-corrected chi connectivity index (χ0v) is 12.3. The van der Waals surface area contributed by atoms with Gasteiger partial charge in [0, 0.05) is 11.8 Å². The molecule has 0 spiro atoms. The Balaban J connectivity index is 2.22. The second-order valence-corrected chi connectivity index (χ2v) is 6.40. The molecule has 1 aliphatic rings. The summed E-state index contributed by atoms with van der Waals surface area (Å²) in [6.45, 7) is 3.03. The molecule has 0 bridgehead atoms. The maximum Gasteiger partial charge on any atom is 0.0835 e. The van der Waals surface area contributed by atoms with Crippen molar-refractivity contribution in [2.75, 3.05) is 5.75 Å². The molecule has 0 radical (unpaired) electrons. The summed E-state index contributed by atoms with van der Waals surface area (Å²) in [7, 11) is 0. The van der Waals surface area contributed by atoms with E-state index < -0.39 is 0 Å². The van der Waals surface area contributed by atoms with E-state index in [9.17, 15) is 0 Å². The first-order valence-corrected chi connectivity index (χ1v) is 7.99. The molecule has 0 aromatic carbocycles. The maximum absolute atomic E-state index is 6.29. The smallest absolute Gasteiger partial charge is 0.0835 e. The Bertz CT molecular complexity index is 376. The van der Waals surface area contributed by atoms with Gasteiger partial charge in [-0.15, -0.1) is 0 Å². The van der Waals surface area contributed by atoms with Crippen LogP contribution in [0.25, 0.3) is 0 Å². The summed E-state index contributed by atoms with van der Waals surface area (Å²) in [5.74, 6) is 6.98. The Morgan fingerprint density at radius 3 is 3.11 bits per heavy atom. The highest BCUT2D eigenvalue weighted by atomic mass is 35.5. The van der Waals surface area contributed by atoms with E-state index >= 15 is 0 Å². The number of thioether (sulfide) groups is 1. The standard InChI is InChI=1S/C12H21ClN4S/c1-2-6-17-12(9(13)8-15-17)11(16-14)10-5-3-4-7-18-10/h8,10-11,16H,2-7,14H2,1H3. The number of hydrogen-bond acceptors (Lipinski definition) is 4. The van der Waals surface area contributed by atoms with E-state index in [0.29, 0.717) is 5.25 Å². The molecule has 6 heteroatoms. The molecule has 1 aliphatic heterocycles. The molecule has 1 fully saturated rings. The minimum Gasteiger partial charge on any atom is -0.271 e. The topological polar surface area (TPSA) is 55.9 Å². The van der Waals surface area contributed by atoms with Gasteiger partial charge in [0.15, 0.2) is 0 Å². The molecule has 1 aromatic heterocycles. The van der Waals surface area contributed by atoms with Crippen molar-refractivity contribution in [3.63, 3.8) is 0 Å². The van der Waals surface area contributed by atoms with Crippen molar-refractivity contribution >= 4 is 23.4 Å². The van der Waals surface area contributed by atoms with Crippen LogP contribution < -0.4 is 11.3 Å². The average molecular weight is 289 g/mol. The minimum atomic E-state index is 0.0943. The van der Waals surface area contributed by atoms with Gasteiger partial charge in [-0.05, 0) is 25.0 Å². The third-order valence-corrected chi connectivity index (χ3v) is 5.08. The second kappa shape index (κ2) is 6.80. The van der Waals surface area contributed by atoms with Crippen LogP contribution in [0.15, 0.2) is 6.20 Å². The Morgan fingerprint density at radius 2 is 2.50 bits per heavy atom. The number of nitrogens with one attached hydrogen (secondary N) is 1. The van der Waals surface area contributed by atoms with E-state index in [-0.39, 0.29) is 6.04 Å². The molecule has 102 valence electrons. The first-order chi connectivity index (χ1) is 8.77. The first kappa shape index (κ1) is 14.2. The molecule has 0 aliphatic carbocycles. The molecule has 4 nitrogen and oxygen atoms in total. The molecule has 2 rings (SSSR count). The van der Waals surface area contributed by atoms with Crippen molar-refractivity contribution in [2.24, 2.45) is 5.84 Å². The number of hydrazine groups is 1. The molecular formula is C12H21ClN4S. The van der Waals surface area contributed by atoms with Gasteiger partial charge in [-0.25, -0.2) is 0 Å². The fourth-order valence-electron chi connectivity index (χ4n) is 2.46. The minimum absolute atomic E-state index is 0.0943. The van der Waals surface area contributed by atoms with Crippen LogP contribution in [-0.4, -0.2) is 20.8 Å². The Morgan fingerprint density at radius 1 is 1.67 bits per heavy atom. The molecule has 0 amide bonds. The van der Waals surface area contributed by atoms with E-state index in [1.807, 2.05) is 16.4 Å². The Kier molecular flexibility index (Phi) is 5.36. The lowest BCUT2D eigenvalue weighted by Crippen LogP contribution is -2.38. The van der Waals surface area contributed by atoms with Gasteiger partial charge in [-0.1, -0.05) is 24.9 Å². The largest absolute Gasteiger partial charge is 0.271 e. The summed E-state index contributed by atoms with van der Waals surface area (Å²) in [4.78, 5) is 0. The summed E-state index contributed by atoms with van der Waals surface area (Å²) < 4.78 is 1.99. The second-order valence-electron chi connectivity index (χ2n) is 4.65. The molecule has 3 N–H and O–H groups in total. The van der Waals surface area contributed by atoms with E-state index in [1.165, 1.54) is 25.0 Å². The third kappa shape index (κ3) is 3.02. The summed E-state index contributed by atoms with van der Waals surface area (Å²) in [6.07, 6.45) is 6.54. The van der Waals surface area contributed by atoms with E-state index in [2.05, 4.69) is 17.4 Å². The molecular weight excluding hydrogens is 268 g/mol. The first-order valence-electron chi connectivity index (χ1n) is 6.56. The van der Waals surface area contributed by atoms with Gasteiger partial charge in [0.25, 0.3) is 0 Å². The van der Waals surface area contributed by atoms with Gasteiger partial charge in [-0.3, -0.25) is 16.0 Å². The van der Waals surface area contributed by atoms with Crippen molar-refractivity contribution < 1.29 is 0 Å². The molecule has 2 unspecified atom stereocenters. The third-order valence-electron chi connectivity index (χ3n) is 3.33. The zero-order valence-electron chi connectivity index (χ0n) is 10.7. The number of rotatable bonds is 5. The van der Waals surface area contributed by atoms with Crippen LogP contribution >= 0.6 is 23.4 Å². The molecule has 2 atom stereocenters. The average Bonchev–Trinajstić information content (AvgIpc) is 2.75. The van der Waals surface area contributed by atoms with Crippen molar-refractivity contribution in [1.29, 1.82) is 0 Å². The van der Waals surface area contributed by atoms with E-state index in [1.54, 1.807) is 6.20 Å². The summed E-state index contributed by atoms with van der Waals surface area (Å²) in [5, 5.41) is 5.56. The predicted octanol–water partition coefficient (Wildman–Crippen LogP) is 2.74. The normalized spacial score (nSPS) is 22.1. The quantitative estimate of drug-likeness (QED) is 0.646. The Hall–Kier alpha value is -0.230. The summed E-state index contributed by atoms with van der Waals surface area (Å²) >= 11 is 8.27. The summed E-state index contributed by atoms with van der Waals surface area (Å²) in [5.41, 5.74) is 3.99. The van der Waals surface area contributed by atoms with Gasteiger partial charge in [0.2, 0.25) is 0 Å². The number of hydrogen-bond donors (Lipinski definition) is 2. The number of aryl methyl sites for hydroxylation is 1. The van der Waals surface area contributed by atoms with Crippen LogP contribution in [0.2, 0.25) is 5.02 Å². The van der Waals surface area contributed by atoms with E-state index in [4.69, 9.17) is 17.4 Å². The van der Waals surface area contributed by atoms with Crippen molar-refractivity contribution in [2.45, 2.75) is 50.4 Å². The lowest BCUT2D eigenvalue weighted by Gasteiger charge is -2.30. The number of nitrogens with two attached hydrogens (primary N) is 1. The highest BCUT2D eigenvalue weighted by Gasteiger charge is 2.29. The van der Waals surface area contributed by atoms with Gasteiger partial charge >= 0.3 is 0 Å². The van der Waals surface area contributed by atoms with Crippen LogP contribution in [0.1, 0.15) is 44.3 Å². The fourth-order valence-corrected chi connectivity index (χ4v) is 4.13. The molecule has 2 heterocycles. The fraction of sp³-hybridized carbons (Fsp3) is 0.750. The highest BCUT2D eigenvalue weighted by Crippen LogP contribution is 2.36. The Labute approximate surface area is 118 Å². The number of halogens is 1. The summed E-state index contributed by atoms with van der Waals surface area (Å²) in [6, 6.07) is 0.0943. The van der Waals surface area contributed by atoms with Crippen LogP contribution in [0.4, 0.5) is 0 Å².